The number of anilines is 1. The van der Waals surface area contributed by atoms with Crippen LogP contribution >= 0.6 is 11.8 Å². The standard InChI is InChI=1S/C20H19F3N4O2S/c1-11(2)18-26-19(29-27-18)14-6-4-5-12(3)17(14)25-15(28)10-30-16-8-7-13(9-24-16)20(21,22)23/h4-9,11H,10H2,1-3H3,(H,25,28). The first-order valence-corrected chi connectivity index (χ1v) is 10.0. The number of alkyl halides is 3. The summed E-state index contributed by atoms with van der Waals surface area (Å²) >= 11 is 1.04. The summed E-state index contributed by atoms with van der Waals surface area (Å²) in [5.74, 6) is 0.606. The molecule has 0 fully saturated rings. The Morgan fingerprint density at radius 1 is 1.23 bits per heavy atom. The van der Waals surface area contributed by atoms with Crippen molar-refractivity contribution in [1.29, 1.82) is 0 Å². The van der Waals surface area contributed by atoms with Crippen LogP contribution in [-0.2, 0) is 11.0 Å². The molecule has 0 spiro atoms. The van der Waals surface area contributed by atoms with Gasteiger partial charge in [0.1, 0.15) is 0 Å². The highest BCUT2D eigenvalue weighted by atomic mass is 32.2. The van der Waals surface area contributed by atoms with Gasteiger partial charge in [-0.1, -0.05) is 42.9 Å². The molecule has 0 radical (unpaired) electrons. The zero-order valence-corrected chi connectivity index (χ0v) is 17.3. The monoisotopic (exact) mass is 436 g/mol. The van der Waals surface area contributed by atoms with E-state index in [4.69, 9.17) is 4.52 Å². The lowest BCUT2D eigenvalue weighted by Gasteiger charge is -2.12. The van der Waals surface area contributed by atoms with Crippen molar-refractivity contribution in [2.45, 2.75) is 37.9 Å². The van der Waals surface area contributed by atoms with Crippen molar-refractivity contribution >= 4 is 23.4 Å². The summed E-state index contributed by atoms with van der Waals surface area (Å²) in [6, 6.07) is 7.61. The van der Waals surface area contributed by atoms with Crippen molar-refractivity contribution in [1.82, 2.24) is 15.1 Å². The molecule has 0 atom stereocenters. The first-order valence-electron chi connectivity index (χ1n) is 9.04. The second-order valence-corrected chi connectivity index (χ2v) is 7.83. The Morgan fingerprint density at radius 2 is 2.00 bits per heavy atom. The van der Waals surface area contributed by atoms with Gasteiger partial charge in [0.25, 0.3) is 5.89 Å². The summed E-state index contributed by atoms with van der Waals surface area (Å²) < 4.78 is 43.2. The normalized spacial score (nSPS) is 11.7. The van der Waals surface area contributed by atoms with Gasteiger partial charge < -0.3 is 9.84 Å². The van der Waals surface area contributed by atoms with Gasteiger partial charge in [-0.25, -0.2) is 4.98 Å². The number of aryl methyl sites for hydroxylation is 1. The molecule has 0 bridgehead atoms. The molecule has 6 nitrogen and oxygen atoms in total. The molecule has 2 aromatic heterocycles. The number of hydrogen-bond acceptors (Lipinski definition) is 6. The smallest absolute Gasteiger partial charge is 0.334 e. The van der Waals surface area contributed by atoms with Crippen LogP contribution in [0, 0.1) is 6.92 Å². The molecule has 0 aliphatic heterocycles. The molecule has 1 amide bonds. The Morgan fingerprint density at radius 3 is 2.60 bits per heavy atom. The second kappa shape index (κ2) is 8.86. The average molecular weight is 436 g/mol. The van der Waals surface area contributed by atoms with Crippen LogP contribution in [0.15, 0.2) is 46.1 Å². The molecule has 0 saturated carbocycles. The number of halogens is 3. The van der Waals surface area contributed by atoms with Gasteiger partial charge in [-0.2, -0.15) is 18.2 Å². The summed E-state index contributed by atoms with van der Waals surface area (Å²) in [5, 5.41) is 7.10. The van der Waals surface area contributed by atoms with E-state index in [0.717, 1.165) is 29.6 Å². The second-order valence-electron chi connectivity index (χ2n) is 6.83. The van der Waals surface area contributed by atoms with E-state index in [-0.39, 0.29) is 17.6 Å². The third-order valence-corrected chi connectivity index (χ3v) is 5.08. The highest BCUT2D eigenvalue weighted by Crippen LogP contribution is 2.32. The molecule has 158 valence electrons. The average Bonchev–Trinajstić information content (AvgIpc) is 3.18. The van der Waals surface area contributed by atoms with Gasteiger partial charge in [-0.3, -0.25) is 4.79 Å². The van der Waals surface area contributed by atoms with E-state index < -0.39 is 11.7 Å². The van der Waals surface area contributed by atoms with Crippen molar-refractivity contribution in [2.75, 3.05) is 11.1 Å². The number of amides is 1. The number of carbonyl (C=O) groups excluding carboxylic acids is 1. The fourth-order valence-corrected chi connectivity index (χ4v) is 3.18. The Balaban J connectivity index is 1.71. The summed E-state index contributed by atoms with van der Waals surface area (Å²) in [4.78, 5) is 20.6. The summed E-state index contributed by atoms with van der Waals surface area (Å²) in [7, 11) is 0. The highest BCUT2D eigenvalue weighted by molar-refractivity contribution is 7.99. The fourth-order valence-electron chi connectivity index (χ4n) is 2.54. The van der Waals surface area contributed by atoms with Gasteiger partial charge >= 0.3 is 6.18 Å². The van der Waals surface area contributed by atoms with Gasteiger partial charge in [0, 0.05) is 12.1 Å². The van der Waals surface area contributed by atoms with Gasteiger partial charge in [-0.05, 0) is 30.7 Å². The van der Waals surface area contributed by atoms with Crippen LogP contribution in [0.3, 0.4) is 0 Å². The molecule has 0 saturated heterocycles. The fraction of sp³-hybridized carbons (Fsp3) is 0.300. The lowest BCUT2D eigenvalue weighted by molar-refractivity contribution is -0.137. The first kappa shape index (κ1) is 21.8. The Hall–Kier alpha value is -2.88. The van der Waals surface area contributed by atoms with E-state index in [1.165, 1.54) is 6.07 Å². The number of hydrogen-bond donors (Lipinski definition) is 1. The lowest BCUT2D eigenvalue weighted by atomic mass is 10.1. The molecule has 3 aromatic rings. The SMILES string of the molecule is Cc1cccc(-c2nc(C(C)C)no2)c1NC(=O)CSc1ccc(C(F)(F)F)cn1. The van der Waals surface area contributed by atoms with Crippen LogP contribution in [0.25, 0.3) is 11.5 Å². The lowest BCUT2D eigenvalue weighted by Crippen LogP contribution is -2.16. The Kier molecular flexibility index (Phi) is 6.45. The van der Waals surface area contributed by atoms with E-state index in [0.29, 0.717) is 28.0 Å². The van der Waals surface area contributed by atoms with E-state index in [1.807, 2.05) is 32.9 Å². The molecule has 30 heavy (non-hydrogen) atoms. The molecule has 1 N–H and O–H groups in total. The molecular weight excluding hydrogens is 417 g/mol. The first-order chi connectivity index (χ1) is 14.1. The molecule has 0 aliphatic rings. The third kappa shape index (κ3) is 5.18. The number of nitrogens with one attached hydrogen (secondary N) is 1. The van der Waals surface area contributed by atoms with Crippen LogP contribution in [0.1, 0.15) is 36.7 Å². The zero-order valence-electron chi connectivity index (χ0n) is 16.4. The number of aromatic nitrogens is 3. The number of nitrogens with zero attached hydrogens (tertiary/aromatic N) is 3. The van der Waals surface area contributed by atoms with Crippen LogP contribution < -0.4 is 5.32 Å². The van der Waals surface area contributed by atoms with Crippen molar-refractivity contribution in [3.8, 4) is 11.5 Å². The quantitative estimate of drug-likeness (QED) is 0.527. The molecule has 1 aromatic carbocycles. The van der Waals surface area contributed by atoms with Gasteiger partial charge in [-0.15, -0.1) is 0 Å². The van der Waals surface area contributed by atoms with Crippen molar-refractivity contribution < 1.29 is 22.5 Å². The maximum Gasteiger partial charge on any atom is 0.417 e. The molecule has 0 unspecified atom stereocenters. The largest absolute Gasteiger partial charge is 0.417 e. The minimum atomic E-state index is -4.45. The number of para-hydroxylation sites is 1. The third-order valence-electron chi connectivity index (χ3n) is 4.14. The van der Waals surface area contributed by atoms with Crippen molar-refractivity contribution in [2.24, 2.45) is 0 Å². The molecular formula is C20H19F3N4O2S. The minimum absolute atomic E-state index is 0.0206. The van der Waals surface area contributed by atoms with Crippen LogP contribution in [-0.4, -0.2) is 26.8 Å². The van der Waals surface area contributed by atoms with Crippen LogP contribution in [0.5, 0.6) is 0 Å². The van der Waals surface area contributed by atoms with Crippen molar-refractivity contribution in [3.05, 3.63) is 53.5 Å². The minimum Gasteiger partial charge on any atom is -0.334 e. The van der Waals surface area contributed by atoms with Gasteiger partial charge in [0.05, 0.1) is 27.6 Å². The maximum atomic E-state index is 12.6. The summed E-state index contributed by atoms with van der Waals surface area (Å²) in [6.45, 7) is 5.73. The summed E-state index contributed by atoms with van der Waals surface area (Å²) in [6.07, 6.45) is -3.69. The van der Waals surface area contributed by atoms with Crippen LogP contribution in [0.2, 0.25) is 0 Å². The zero-order chi connectivity index (χ0) is 21.9. The van der Waals surface area contributed by atoms with Gasteiger partial charge in [0.15, 0.2) is 5.82 Å². The molecule has 0 aliphatic carbocycles. The predicted molar refractivity (Wildman–Crippen MR) is 107 cm³/mol. The molecule has 3 rings (SSSR count). The van der Waals surface area contributed by atoms with E-state index in [1.54, 1.807) is 6.07 Å². The van der Waals surface area contributed by atoms with Crippen LogP contribution in [0.4, 0.5) is 18.9 Å². The number of carbonyl (C=O) groups is 1. The Labute approximate surface area is 175 Å². The number of benzene rings is 1. The highest BCUT2D eigenvalue weighted by Gasteiger charge is 2.30. The number of pyridine rings is 1. The van der Waals surface area contributed by atoms with E-state index >= 15 is 0 Å². The van der Waals surface area contributed by atoms with E-state index in [9.17, 15) is 18.0 Å². The maximum absolute atomic E-state index is 12.6. The topological polar surface area (TPSA) is 80.9 Å². The number of thioether (sulfide) groups is 1. The molecule has 2 heterocycles. The van der Waals surface area contributed by atoms with Crippen molar-refractivity contribution in [3.63, 3.8) is 0 Å². The predicted octanol–water partition coefficient (Wildman–Crippen LogP) is 5.31. The van der Waals surface area contributed by atoms with E-state index in [2.05, 4.69) is 20.4 Å². The molecule has 10 heteroatoms. The number of rotatable bonds is 6. The summed E-state index contributed by atoms with van der Waals surface area (Å²) in [5.41, 5.74) is 1.12. The van der Waals surface area contributed by atoms with Gasteiger partial charge in [0.2, 0.25) is 5.91 Å². The Bertz CT molecular complexity index is 1030.